The Hall–Kier alpha value is -0.860. The van der Waals surface area contributed by atoms with Crippen LogP contribution in [-0.4, -0.2) is 17.3 Å². The van der Waals surface area contributed by atoms with E-state index >= 15 is 0 Å². The summed E-state index contributed by atoms with van der Waals surface area (Å²) in [7, 11) is 0. The van der Waals surface area contributed by atoms with Crippen LogP contribution in [-0.2, 0) is 12.8 Å². The second-order valence-electron chi connectivity index (χ2n) is 3.41. The van der Waals surface area contributed by atoms with E-state index in [1.807, 2.05) is 12.1 Å². The fraction of sp³-hybridized carbons (Fsp3) is 0.400. The Labute approximate surface area is 72.0 Å². The lowest BCUT2D eigenvalue weighted by atomic mass is 9.87. The lowest BCUT2D eigenvalue weighted by Gasteiger charge is -2.26. The molecule has 2 atom stereocenters. The molecule has 64 valence electrons. The van der Waals surface area contributed by atoms with Gasteiger partial charge >= 0.3 is 0 Å². The van der Waals surface area contributed by atoms with Gasteiger partial charge in [0.1, 0.15) is 0 Å². The van der Waals surface area contributed by atoms with E-state index in [1.165, 1.54) is 11.1 Å². The van der Waals surface area contributed by atoms with E-state index in [0.29, 0.717) is 6.42 Å². The highest BCUT2D eigenvalue weighted by molar-refractivity contribution is 5.31. The molecule has 3 N–H and O–H groups in total. The summed E-state index contributed by atoms with van der Waals surface area (Å²) in [5.74, 6) is 0. The number of hydrogen-bond acceptors (Lipinski definition) is 2. The van der Waals surface area contributed by atoms with Gasteiger partial charge in [0.2, 0.25) is 0 Å². The number of fused-ring (bicyclic) bond motifs is 1. The molecule has 0 bridgehead atoms. The molecule has 0 fully saturated rings. The quantitative estimate of drug-likeness (QED) is 0.584. The predicted octanol–water partition coefficient (Wildman–Crippen LogP) is 0.473. The van der Waals surface area contributed by atoms with Crippen molar-refractivity contribution in [2.24, 2.45) is 5.73 Å². The fourth-order valence-corrected chi connectivity index (χ4v) is 1.72. The molecule has 0 heterocycles. The van der Waals surface area contributed by atoms with Crippen LogP contribution in [0.2, 0.25) is 0 Å². The lowest BCUT2D eigenvalue weighted by Crippen LogP contribution is -2.41. The molecule has 1 aliphatic rings. The highest BCUT2D eigenvalue weighted by Gasteiger charge is 2.22. The van der Waals surface area contributed by atoms with E-state index in [4.69, 9.17) is 5.73 Å². The molecule has 0 saturated carbocycles. The molecule has 1 aromatic carbocycles. The van der Waals surface area contributed by atoms with Gasteiger partial charge in [0.05, 0.1) is 6.10 Å². The summed E-state index contributed by atoms with van der Waals surface area (Å²) >= 11 is 0. The van der Waals surface area contributed by atoms with Gasteiger partial charge in [-0.15, -0.1) is 0 Å². The van der Waals surface area contributed by atoms with Crippen molar-refractivity contribution in [3.05, 3.63) is 35.4 Å². The number of nitrogens with two attached hydrogens (primary N) is 1. The highest BCUT2D eigenvalue weighted by Crippen LogP contribution is 2.20. The number of benzene rings is 1. The molecule has 0 amide bonds. The Morgan fingerprint density at radius 3 is 2.42 bits per heavy atom. The topological polar surface area (TPSA) is 46.2 Å². The number of rotatable bonds is 0. The minimum Gasteiger partial charge on any atom is -0.391 e. The van der Waals surface area contributed by atoms with E-state index in [0.717, 1.165) is 6.42 Å². The molecule has 0 radical (unpaired) electrons. The first-order valence-electron chi connectivity index (χ1n) is 4.28. The summed E-state index contributed by atoms with van der Waals surface area (Å²) in [5.41, 5.74) is 8.27. The first-order chi connectivity index (χ1) is 5.77. The van der Waals surface area contributed by atoms with Crippen molar-refractivity contribution in [3.8, 4) is 0 Å². The second kappa shape index (κ2) is 2.88. The molecular weight excluding hydrogens is 150 g/mol. The lowest BCUT2D eigenvalue weighted by molar-refractivity contribution is 0.137. The van der Waals surface area contributed by atoms with Crippen molar-refractivity contribution in [2.45, 2.75) is 25.0 Å². The van der Waals surface area contributed by atoms with Gasteiger partial charge in [0.15, 0.2) is 0 Å². The van der Waals surface area contributed by atoms with Crippen LogP contribution in [0, 0.1) is 0 Å². The van der Waals surface area contributed by atoms with Crippen molar-refractivity contribution < 1.29 is 5.11 Å². The van der Waals surface area contributed by atoms with E-state index in [1.54, 1.807) is 0 Å². The normalized spacial score (nSPS) is 28.2. The van der Waals surface area contributed by atoms with Gasteiger partial charge in [-0.25, -0.2) is 0 Å². The SMILES string of the molecule is N[C@H]1Cc2ccccc2C[C@@H]1O. The smallest absolute Gasteiger partial charge is 0.0734 e. The monoisotopic (exact) mass is 163 g/mol. The van der Waals surface area contributed by atoms with Crippen LogP contribution >= 0.6 is 0 Å². The molecule has 12 heavy (non-hydrogen) atoms. The van der Waals surface area contributed by atoms with E-state index in [9.17, 15) is 5.11 Å². The largest absolute Gasteiger partial charge is 0.391 e. The van der Waals surface area contributed by atoms with Crippen LogP contribution in [0.5, 0.6) is 0 Å². The van der Waals surface area contributed by atoms with E-state index in [-0.39, 0.29) is 12.1 Å². The molecule has 2 rings (SSSR count). The van der Waals surface area contributed by atoms with Crippen molar-refractivity contribution in [1.29, 1.82) is 0 Å². The van der Waals surface area contributed by atoms with Gasteiger partial charge in [0, 0.05) is 12.5 Å². The van der Waals surface area contributed by atoms with Crippen LogP contribution < -0.4 is 5.73 Å². The standard InChI is InChI=1S/C10H13NO/c11-9-5-7-3-1-2-4-8(7)6-10(9)12/h1-4,9-10,12H,5-6,11H2/t9-,10-/m0/s1. The number of aliphatic hydroxyl groups is 1. The van der Waals surface area contributed by atoms with Gasteiger partial charge in [-0.2, -0.15) is 0 Å². The van der Waals surface area contributed by atoms with Crippen molar-refractivity contribution in [3.63, 3.8) is 0 Å². The Morgan fingerprint density at radius 2 is 1.75 bits per heavy atom. The minimum absolute atomic E-state index is 0.0834. The van der Waals surface area contributed by atoms with Crippen LogP contribution in [0.15, 0.2) is 24.3 Å². The van der Waals surface area contributed by atoms with Crippen LogP contribution in [0.25, 0.3) is 0 Å². The molecule has 1 aromatic rings. The summed E-state index contributed by atoms with van der Waals surface area (Å²) in [6, 6.07) is 8.08. The molecule has 0 unspecified atom stereocenters. The van der Waals surface area contributed by atoms with E-state index < -0.39 is 0 Å². The van der Waals surface area contributed by atoms with Gasteiger partial charge in [-0.3, -0.25) is 0 Å². The third-order valence-electron chi connectivity index (χ3n) is 2.50. The minimum atomic E-state index is -0.361. The summed E-state index contributed by atoms with van der Waals surface area (Å²) < 4.78 is 0. The number of aliphatic hydroxyl groups excluding tert-OH is 1. The predicted molar refractivity (Wildman–Crippen MR) is 47.8 cm³/mol. The number of hydrogen-bond donors (Lipinski definition) is 2. The van der Waals surface area contributed by atoms with Gasteiger partial charge in [-0.05, 0) is 17.5 Å². The zero-order chi connectivity index (χ0) is 8.55. The molecule has 0 aliphatic heterocycles. The summed E-state index contributed by atoms with van der Waals surface area (Å²) in [4.78, 5) is 0. The Balaban J connectivity index is 2.34. The summed E-state index contributed by atoms with van der Waals surface area (Å²) in [6.07, 6.45) is 1.15. The van der Waals surface area contributed by atoms with Crippen molar-refractivity contribution in [1.82, 2.24) is 0 Å². The fourth-order valence-electron chi connectivity index (χ4n) is 1.72. The molecule has 0 aromatic heterocycles. The van der Waals surface area contributed by atoms with Crippen LogP contribution in [0.1, 0.15) is 11.1 Å². The Morgan fingerprint density at radius 1 is 1.17 bits per heavy atom. The molecule has 2 nitrogen and oxygen atoms in total. The van der Waals surface area contributed by atoms with Crippen LogP contribution in [0.4, 0.5) is 0 Å². The maximum Gasteiger partial charge on any atom is 0.0734 e. The second-order valence-corrected chi connectivity index (χ2v) is 3.41. The average Bonchev–Trinajstić information content (AvgIpc) is 2.07. The first kappa shape index (κ1) is 7.77. The maximum atomic E-state index is 9.50. The zero-order valence-corrected chi connectivity index (χ0v) is 6.90. The average molecular weight is 163 g/mol. The van der Waals surface area contributed by atoms with Crippen molar-refractivity contribution in [2.75, 3.05) is 0 Å². The molecule has 0 spiro atoms. The third-order valence-corrected chi connectivity index (χ3v) is 2.50. The summed E-state index contributed by atoms with van der Waals surface area (Å²) in [6.45, 7) is 0. The molecular formula is C10H13NO. The molecule has 0 saturated heterocycles. The highest BCUT2D eigenvalue weighted by atomic mass is 16.3. The molecule has 2 heteroatoms. The van der Waals surface area contributed by atoms with E-state index in [2.05, 4.69) is 12.1 Å². The Kier molecular flexibility index (Phi) is 1.87. The zero-order valence-electron chi connectivity index (χ0n) is 6.90. The van der Waals surface area contributed by atoms with Crippen molar-refractivity contribution >= 4 is 0 Å². The van der Waals surface area contributed by atoms with Crippen LogP contribution in [0.3, 0.4) is 0 Å². The van der Waals surface area contributed by atoms with Gasteiger partial charge < -0.3 is 10.8 Å². The maximum absolute atomic E-state index is 9.50. The Bertz CT molecular complexity index is 256. The first-order valence-corrected chi connectivity index (χ1v) is 4.28. The third kappa shape index (κ3) is 1.24. The van der Waals surface area contributed by atoms with Gasteiger partial charge in [-0.1, -0.05) is 24.3 Å². The van der Waals surface area contributed by atoms with Gasteiger partial charge in [0.25, 0.3) is 0 Å². The summed E-state index contributed by atoms with van der Waals surface area (Å²) in [5, 5.41) is 9.50. The molecule has 1 aliphatic carbocycles.